The van der Waals surface area contributed by atoms with Gasteiger partial charge in [-0.1, -0.05) is 0 Å². The lowest BCUT2D eigenvalue weighted by atomic mass is 9.85. The number of hydrogen-bond acceptors (Lipinski definition) is 4. The van der Waals surface area contributed by atoms with E-state index in [9.17, 15) is 9.59 Å². The fourth-order valence-electron chi connectivity index (χ4n) is 3.61. The largest absolute Gasteiger partial charge is 0.481 e. The number of ether oxygens (including phenoxy) is 1. The van der Waals surface area contributed by atoms with Crippen LogP contribution in [0.2, 0.25) is 0 Å². The summed E-state index contributed by atoms with van der Waals surface area (Å²) in [7, 11) is 0. The summed E-state index contributed by atoms with van der Waals surface area (Å²) in [6.07, 6.45) is 6.14. The fourth-order valence-corrected chi connectivity index (χ4v) is 3.61. The van der Waals surface area contributed by atoms with Gasteiger partial charge in [0.25, 0.3) is 0 Å². The summed E-state index contributed by atoms with van der Waals surface area (Å²) in [5, 5.41) is 12.8. The van der Waals surface area contributed by atoms with Crippen molar-refractivity contribution in [3.05, 3.63) is 0 Å². The second-order valence-corrected chi connectivity index (χ2v) is 8.15. The van der Waals surface area contributed by atoms with E-state index in [4.69, 9.17) is 9.84 Å². The van der Waals surface area contributed by atoms with Crippen LogP contribution in [0.1, 0.15) is 65.7 Å². The van der Waals surface area contributed by atoms with Crippen molar-refractivity contribution in [2.45, 2.75) is 83.4 Å². The molecule has 2 aliphatic rings. The van der Waals surface area contributed by atoms with Crippen molar-refractivity contribution in [3.63, 3.8) is 0 Å². The zero-order valence-electron chi connectivity index (χ0n) is 15.2. The Bertz CT molecular complexity index is 439. The minimum absolute atomic E-state index is 0.167. The van der Waals surface area contributed by atoms with Gasteiger partial charge in [0.05, 0.1) is 5.92 Å². The Morgan fingerprint density at radius 1 is 1.00 bits per heavy atom. The number of carboxylic acids is 1. The van der Waals surface area contributed by atoms with Crippen LogP contribution in [-0.4, -0.2) is 52.8 Å². The van der Waals surface area contributed by atoms with Crippen LogP contribution in [0.4, 0.5) is 4.79 Å². The highest BCUT2D eigenvalue weighted by atomic mass is 16.6. The van der Waals surface area contributed by atoms with Crippen molar-refractivity contribution < 1.29 is 19.4 Å². The summed E-state index contributed by atoms with van der Waals surface area (Å²) >= 11 is 0. The van der Waals surface area contributed by atoms with Gasteiger partial charge < -0.3 is 20.1 Å². The first kappa shape index (κ1) is 19.0. The normalized spacial score (nSPS) is 29.0. The number of carbonyl (C=O) groups is 2. The van der Waals surface area contributed by atoms with E-state index >= 15 is 0 Å². The molecule has 1 saturated carbocycles. The third-order valence-corrected chi connectivity index (χ3v) is 4.93. The molecule has 1 heterocycles. The van der Waals surface area contributed by atoms with Crippen LogP contribution >= 0.6 is 0 Å². The fraction of sp³-hybridized carbons (Fsp3) is 0.889. The Hall–Kier alpha value is -1.30. The maximum absolute atomic E-state index is 12.2. The average Bonchev–Trinajstić information content (AvgIpc) is 2.72. The smallest absolute Gasteiger partial charge is 0.410 e. The molecule has 1 unspecified atom stereocenters. The molecule has 1 aliphatic heterocycles. The first-order valence-corrected chi connectivity index (χ1v) is 9.21. The van der Waals surface area contributed by atoms with E-state index in [-0.39, 0.29) is 12.0 Å². The van der Waals surface area contributed by atoms with Crippen LogP contribution in [-0.2, 0) is 9.53 Å². The Morgan fingerprint density at radius 3 is 2.21 bits per heavy atom. The van der Waals surface area contributed by atoms with E-state index in [0.29, 0.717) is 12.1 Å². The average molecular weight is 340 g/mol. The van der Waals surface area contributed by atoms with Gasteiger partial charge in [-0.05, 0) is 65.7 Å². The van der Waals surface area contributed by atoms with Crippen molar-refractivity contribution >= 4 is 12.1 Å². The highest BCUT2D eigenvalue weighted by Gasteiger charge is 2.29. The molecule has 24 heavy (non-hydrogen) atoms. The maximum atomic E-state index is 12.2. The lowest BCUT2D eigenvalue weighted by Gasteiger charge is -2.30. The Morgan fingerprint density at radius 2 is 1.62 bits per heavy atom. The molecule has 2 fully saturated rings. The number of nitrogens with one attached hydrogen (secondary N) is 1. The van der Waals surface area contributed by atoms with Crippen LogP contribution in [0.15, 0.2) is 0 Å². The molecular weight excluding hydrogens is 308 g/mol. The molecule has 0 aromatic heterocycles. The van der Waals surface area contributed by atoms with E-state index in [1.54, 1.807) is 0 Å². The van der Waals surface area contributed by atoms with Crippen molar-refractivity contribution in [3.8, 4) is 0 Å². The number of aliphatic carboxylic acids is 1. The van der Waals surface area contributed by atoms with Gasteiger partial charge in [0.1, 0.15) is 5.60 Å². The number of amides is 1. The second-order valence-electron chi connectivity index (χ2n) is 8.15. The minimum atomic E-state index is -0.657. The lowest BCUT2D eigenvalue weighted by molar-refractivity contribution is -0.142. The first-order chi connectivity index (χ1) is 11.2. The SMILES string of the molecule is CC(C)(C)OC(=O)N1CCCC(NC2CCC(C(=O)O)CC2)CC1. The van der Waals surface area contributed by atoms with E-state index < -0.39 is 11.6 Å². The zero-order valence-corrected chi connectivity index (χ0v) is 15.2. The van der Waals surface area contributed by atoms with Gasteiger partial charge in [0.15, 0.2) is 0 Å². The molecule has 1 amide bonds. The molecule has 1 saturated heterocycles. The maximum Gasteiger partial charge on any atom is 0.410 e. The van der Waals surface area contributed by atoms with E-state index in [0.717, 1.165) is 58.0 Å². The number of rotatable bonds is 3. The summed E-state index contributed by atoms with van der Waals surface area (Å²) in [6, 6.07) is 0.822. The highest BCUT2D eigenvalue weighted by Crippen LogP contribution is 2.26. The molecule has 0 bridgehead atoms. The number of hydrogen-bond donors (Lipinski definition) is 2. The Balaban J connectivity index is 1.75. The molecule has 6 nitrogen and oxygen atoms in total. The third kappa shape index (κ3) is 5.96. The molecule has 1 aliphatic carbocycles. The molecule has 0 aromatic rings. The van der Waals surface area contributed by atoms with Gasteiger partial charge in [0, 0.05) is 25.2 Å². The highest BCUT2D eigenvalue weighted by molar-refractivity contribution is 5.70. The summed E-state index contributed by atoms with van der Waals surface area (Å²) in [6.45, 7) is 7.14. The van der Waals surface area contributed by atoms with Crippen LogP contribution in [0.25, 0.3) is 0 Å². The van der Waals surface area contributed by atoms with Crippen molar-refractivity contribution in [2.24, 2.45) is 5.92 Å². The lowest BCUT2D eigenvalue weighted by Crippen LogP contribution is -2.42. The summed E-state index contributed by atoms with van der Waals surface area (Å²) in [4.78, 5) is 25.0. The van der Waals surface area contributed by atoms with Crippen LogP contribution in [0, 0.1) is 5.92 Å². The van der Waals surface area contributed by atoms with E-state index in [1.165, 1.54) is 0 Å². The van der Waals surface area contributed by atoms with Crippen molar-refractivity contribution in [1.82, 2.24) is 10.2 Å². The monoisotopic (exact) mass is 340 g/mol. The Labute approximate surface area is 144 Å². The van der Waals surface area contributed by atoms with Crippen LogP contribution in [0.3, 0.4) is 0 Å². The van der Waals surface area contributed by atoms with E-state index in [2.05, 4.69) is 5.32 Å². The number of likely N-dealkylation sites (tertiary alicyclic amines) is 1. The first-order valence-electron chi connectivity index (χ1n) is 9.21. The van der Waals surface area contributed by atoms with Gasteiger partial charge in [-0.15, -0.1) is 0 Å². The number of nitrogens with zero attached hydrogens (tertiary/aromatic N) is 1. The van der Waals surface area contributed by atoms with Gasteiger partial charge >= 0.3 is 12.1 Å². The molecule has 138 valence electrons. The molecule has 0 radical (unpaired) electrons. The molecule has 2 rings (SSSR count). The van der Waals surface area contributed by atoms with Gasteiger partial charge in [-0.3, -0.25) is 4.79 Å². The van der Waals surface area contributed by atoms with Gasteiger partial charge in [-0.25, -0.2) is 4.79 Å². The summed E-state index contributed by atoms with van der Waals surface area (Å²) in [5.74, 6) is -0.823. The number of carbonyl (C=O) groups excluding carboxylic acids is 1. The molecule has 1 atom stereocenters. The summed E-state index contributed by atoms with van der Waals surface area (Å²) in [5.41, 5.74) is -0.455. The van der Waals surface area contributed by atoms with Gasteiger partial charge in [0.2, 0.25) is 0 Å². The third-order valence-electron chi connectivity index (χ3n) is 4.93. The van der Waals surface area contributed by atoms with Crippen LogP contribution < -0.4 is 5.32 Å². The quantitative estimate of drug-likeness (QED) is 0.826. The standard InChI is InChI=1S/C18H32N2O4/c1-18(2,3)24-17(23)20-11-4-5-14(10-12-20)19-15-8-6-13(7-9-15)16(21)22/h13-15,19H,4-12H2,1-3H3,(H,21,22). The van der Waals surface area contributed by atoms with Gasteiger partial charge in [-0.2, -0.15) is 0 Å². The molecule has 0 spiro atoms. The molecule has 6 heteroatoms. The second kappa shape index (κ2) is 8.19. The topological polar surface area (TPSA) is 78.9 Å². The molecule has 0 aromatic carbocycles. The summed E-state index contributed by atoms with van der Waals surface area (Å²) < 4.78 is 5.46. The molecular formula is C18H32N2O4. The predicted molar refractivity (Wildman–Crippen MR) is 92.0 cm³/mol. The minimum Gasteiger partial charge on any atom is -0.481 e. The Kier molecular flexibility index (Phi) is 6.49. The van der Waals surface area contributed by atoms with E-state index in [1.807, 2.05) is 25.7 Å². The van der Waals surface area contributed by atoms with Crippen LogP contribution in [0.5, 0.6) is 0 Å². The van der Waals surface area contributed by atoms with Crippen molar-refractivity contribution in [1.29, 1.82) is 0 Å². The molecule has 2 N–H and O–H groups in total. The zero-order chi connectivity index (χ0) is 17.7. The predicted octanol–water partition coefficient (Wildman–Crippen LogP) is 3.01. The van der Waals surface area contributed by atoms with Crippen molar-refractivity contribution in [2.75, 3.05) is 13.1 Å². The number of carboxylic acid groups (broad SMARTS) is 1.